The standard InChI is InChI=1S/C18H18ClN3O3/c1-12-7-8-13(9-16(12)25-2)11-20-22-18(24)10-17(23)21-15-6-4-3-5-14(15)19/h3-9,11H,10H2,1-2H3,(H,21,23)(H,22,24). The van der Waals surface area contributed by atoms with Crippen LogP contribution in [0, 0.1) is 6.92 Å². The van der Waals surface area contributed by atoms with Crippen LogP contribution >= 0.6 is 11.6 Å². The number of ether oxygens (including phenoxy) is 1. The zero-order chi connectivity index (χ0) is 18.2. The summed E-state index contributed by atoms with van der Waals surface area (Å²) in [5.41, 5.74) is 4.53. The molecule has 0 atom stereocenters. The third kappa shape index (κ3) is 5.61. The van der Waals surface area contributed by atoms with E-state index in [-0.39, 0.29) is 6.42 Å². The highest BCUT2D eigenvalue weighted by Crippen LogP contribution is 2.20. The minimum Gasteiger partial charge on any atom is -0.496 e. The first kappa shape index (κ1) is 18.5. The van der Waals surface area contributed by atoms with E-state index < -0.39 is 11.8 Å². The number of anilines is 1. The van der Waals surface area contributed by atoms with Gasteiger partial charge in [-0.3, -0.25) is 9.59 Å². The molecule has 0 aliphatic carbocycles. The van der Waals surface area contributed by atoms with Crippen molar-refractivity contribution >= 4 is 35.3 Å². The maximum Gasteiger partial charge on any atom is 0.249 e. The molecule has 0 radical (unpaired) electrons. The van der Waals surface area contributed by atoms with Crippen LogP contribution in [-0.4, -0.2) is 25.1 Å². The summed E-state index contributed by atoms with van der Waals surface area (Å²) >= 11 is 5.94. The molecule has 2 amide bonds. The molecule has 0 aliphatic rings. The van der Waals surface area contributed by atoms with Gasteiger partial charge in [0, 0.05) is 0 Å². The Bertz CT molecular complexity index is 806. The predicted octanol–water partition coefficient (Wildman–Crippen LogP) is 3.14. The van der Waals surface area contributed by atoms with Gasteiger partial charge in [-0.05, 0) is 36.2 Å². The van der Waals surface area contributed by atoms with E-state index in [4.69, 9.17) is 16.3 Å². The third-order valence-corrected chi connectivity index (χ3v) is 3.63. The van der Waals surface area contributed by atoms with Gasteiger partial charge in [-0.15, -0.1) is 0 Å². The number of hydrogen-bond donors (Lipinski definition) is 2. The first-order valence-corrected chi connectivity index (χ1v) is 7.88. The SMILES string of the molecule is COc1cc(C=NNC(=O)CC(=O)Nc2ccccc2Cl)ccc1C. The second-order valence-electron chi connectivity index (χ2n) is 5.23. The molecular weight excluding hydrogens is 342 g/mol. The zero-order valence-electron chi connectivity index (χ0n) is 13.9. The van der Waals surface area contributed by atoms with Gasteiger partial charge in [0.1, 0.15) is 12.2 Å². The van der Waals surface area contributed by atoms with E-state index >= 15 is 0 Å². The van der Waals surface area contributed by atoms with E-state index in [1.807, 2.05) is 19.1 Å². The molecule has 0 heterocycles. The average molecular weight is 360 g/mol. The minimum absolute atomic E-state index is 0.361. The van der Waals surface area contributed by atoms with E-state index in [9.17, 15) is 9.59 Å². The molecule has 0 unspecified atom stereocenters. The lowest BCUT2D eigenvalue weighted by molar-refractivity contribution is -0.126. The molecule has 0 fully saturated rings. The maximum absolute atomic E-state index is 11.8. The molecule has 2 aromatic rings. The van der Waals surface area contributed by atoms with Crippen molar-refractivity contribution in [3.63, 3.8) is 0 Å². The molecule has 0 saturated carbocycles. The second kappa shape index (κ2) is 8.84. The van der Waals surface area contributed by atoms with Crippen molar-refractivity contribution in [2.24, 2.45) is 5.10 Å². The fraction of sp³-hybridized carbons (Fsp3) is 0.167. The lowest BCUT2D eigenvalue weighted by Crippen LogP contribution is -2.24. The highest BCUT2D eigenvalue weighted by Gasteiger charge is 2.10. The van der Waals surface area contributed by atoms with Crippen molar-refractivity contribution in [1.29, 1.82) is 0 Å². The smallest absolute Gasteiger partial charge is 0.249 e. The van der Waals surface area contributed by atoms with Crippen LogP contribution < -0.4 is 15.5 Å². The largest absolute Gasteiger partial charge is 0.496 e. The minimum atomic E-state index is -0.528. The average Bonchev–Trinajstić information content (AvgIpc) is 2.58. The van der Waals surface area contributed by atoms with Crippen LogP contribution in [0.3, 0.4) is 0 Å². The van der Waals surface area contributed by atoms with Crippen molar-refractivity contribution < 1.29 is 14.3 Å². The summed E-state index contributed by atoms with van der Waals surface area (Å²) in [6, 6.07) is 12.3. The summed E-state index contributed by atoms with van der Waals surface area (Å²) in [6.45, 7) is 1.93. The first-order valence-electron chi connectivity index (χ1n) is 7.50. The predicted molar refractivity (Wildman–Crippen MR) is 98.2 cm³/mol. The number of nitrogens with one attached hydrogen (secondary N) is 2. The number of nitrogens with zero attached hydrogens (tertiary/aromatic N) is 1. The molecule has 0 aromatic heterocycles. The summed E-state index contributed by atoms with van der Waals surface area (Å²) in [7, 11) is 1.59. The molecule has 2 N–H and O–H groups in total. The van der Waals surface area contributed by atoms with Crippen molar-refractivity contribution in [2.45, 2.75) is 13.3 Å². The normalized spacial score (nSPS) is 10.5. The molecule has 7 heteroatoms. The fourth-order valence-corrected chi connectivity index (χ4v) is 2.22. The van der Waals surface area contributed by atoms with Gasteiger partial charge in [0.2, 0.25) is 11.8 Å². The van der Waals surface area contributed by atoms with Crippen LogP contribution in [0.4, 0.5) is 5.69 Å². The zero-order valence-corrected chi connectivity index (χ0v) is 14.6. The van der Waals surface area contributed by atoms with E-state index in [0.717, 1.165) is 16.9 Å². The van der Waals surface area contributed by atoms with Gasteiger partial charge in [-0.1, -0.05) is 35.9 Å². The van der Waals surface area contributed by atoms with Gasteiger partial charge in [-0.2, -0.15) is 5.10 Å². The summed E-state index contributed by atoms with van der Waals surface area (Å²) in [5.74, 6) is -0.271. The number of rotatable bonds is 6. The van der Waals surface area contributed by atoms with Gasteiger partial charge >= 0.3 is 0 Å². The molecule has 0 spiro atoms. The summed E-state index contributed by atoms with van der Waals surface area (Å²) in [5, 5.41) is 6.81. The second-order valence-corrected chi connectivity index (χ2v) is 5.63. The Hall–Kier alpha value is -2.86. The van der Waals surface area contributed by atoms with Crippen molar-refractivity contribution in [1.82, 2.24) is 5.43 Å². The van der Waals surface area contributed by atoms with E-state index in [2.05, 4.69) is 15.8 Å². The third-order valence-electron chi connectivity index (χ3n) is 3.30. The molecule has 0 saturated heterocycles. The number of aryl methyl sites for hydroxylation is 1. The number of benzene rings is 2. The highest BCUT2D eigenvalue weighted by molar-refractivity contribution is 6.33. The summed E-state index contributed by atoms with van der Waals surface area (Å²) < 4.78 is 5.22. The highest BCUT2D eigenvalue weighted by atomic mass is 35.5. The van der Waals surface area contributed by atoms with Crippen LogP contribution in [0.5, 0.6) is 5.75 Å². The van der Waals surface area contributed by atoms with Crippen LogP contribution in [-0.2, 0) is 9.59 Å². The van der Waals surface area contributed by atoms with Gasteiger partial charge < -0.3 is 10.1 Å². The Morgan fingerprint density at radius 3 is 2.68 bits per heavy atom. The van der Waals surface area contributed by atoms with E-state index in [1.54, 1.807) is 37.4 Å². The maximum atomic E-state index is 11.8. The number of carbonyl (C=O) groups is 2. The monoisotopic (exact) mass is 359 g/mol. The molecule has 25 heavy (non-hydrogen) atoms. The Labute approximate surface area is 150 Å². The van der Waals surface area contributed by atoms with Crippen molar-refractivity contribution in [2.75, 3.05) is 12.4 Å². The molecule has 2 rings (SSSR count). The fourth-order valence-electron chi connectivity index (χ4n) is 2.04. The molecular formula is C18H18ClN3O3. The first-order chi connectivity index (χ1) is 12.0. The quantitative estimate of drug-likeness (QED) is 0.472. The lowest BCUT2D eigenvalue weighted by atomic mass is 10.1. The molecule has 6 nitrogen and oxygen atoms in total. The number of methoxy groups -OCH3 is 1. The van der Waals surface area contributed by atoms with Crippen LogP contribution in [0.1, 0.15) is 17.5 Å². The van der Waals surface area contributed by atoms with Crippen LogP contribution in [0.25, 0.3) is 0 Å². The summed E-state index contributed by atoms with van der Waals surface area (Å²) in [4.78, 5) is 23.6. The summed E-state index contributed by atoms with van der Waals surface area (Å²) in [6.07, 6.45) is 1.12. The topological polar surface area (TPSA) is 79.8 Å². The van der Waals surface area contributed by atoms with E-state index in [0.29, 0.717) is 10.7 Å². The van der Waals surface area contributed by atoms with Crippen molar-refractivity contribution in [3.05, 3.63) is 58.6 Å². The van der Waals surface area contributed by atoms with Crippen LogP contribution in [0.2, 0.25) is 5.02 Å². The number of carbonyl (C=O) groups excluding carboxylic acids is 2. The van der Waals surface area contributed by atoms with E-state index in [1.165, 1.54) is 6.21 Å². The molecule has 0 bridgehead atoms. The number of amides is 2. The number of hydrazone groups is 1. The van der Waals surface area contributed by atoms with Gasteiger partial charge in [0.05, 0.1) is 24.0 Å². The van der Waals surface area contributed by atoms with Gasteiger partial charge in [0.25, 0.3) is 0 Å². The van der Waals surface area contributed by atoms with Crippen molar-refractivity contribution in [3.8, 4) is 5.75 Å². The Morgan fingerprint density at radius 1 is 1.20 bits per heavy atom. The number of halogens is 1. The molecule has 130 valence electrons. The Kier molecular flexibility index (Phi) is 6.54. The Balaban J connectivity index is 1.86. The molecule has 0 aliphatic heterocycles. The lowest BCUT2D eigenvalue weighted by Gasteiger charge is -2.06. The Morgan fingerprint density at radius 2 is 1.96 bits per heavy atom. The van der Waals surface area contributed by atoms with Gasteiger partial charge in [-0.25, -0.2) is 5.43 Å². The molecule has 2 aromatic carbocycles. The number of hydrogen-bond acceptors (Lipinski definition) is 4. The van der Waals surface area contributed by atoms with Gasteiger partial charge in [0.15, 0.2) is 0 Å². The van der Waals surface area contributed by atoms with Crippen LogP contribution in [0.15, 0.2) is 47.6 Å². The number of para-hydroxylation sites is 1.